The highest BCUT2D eigenvalue weighted by Crippen LogP contribution is 2.30. The largest absolute Gasteiger partial charge is 0.365 e. The van der Waals surface area contributed by atoms with Gasteiger partial charge in [-0.1, -0.05) is 12.1 Å². The smallest absolute Gasteiger partial charge is 0.223 e. The molecule has 1 aliphatic rings. The van der Waals surface area contributed by atoms with Gasteiger partial charge in [-0.2, -0.15) is 5.10 Å². The van der Waals surface area contributed by atoms with Crippen LogP contribution in [0.4, 0.5) is 5.69 Å². The third-order valence-corrected chi connectivity index (χ3v) is 7.11. The number of anilines is 1. The van der Waals surface area contributed by atoms with E-state index in [1.54, 1.807) is 0 Å². The number of carbonyl (C=O) groups is 1. The fourth-order valence-corrected chi connectivity index (χ4v) is 5.31. The van der Waals surface area contributed by atoms with Crippen molar-refractivity contribution in [3.8, 4) is 0 Å². The standard InChI is InChI=1S/C28H39N5O/c1-18-10-9-11-23(16-18)32-15-14-31(17-19(32)2)25(34)13-12-24-20(3)26-22(5)30-33(28(6,7)8)27(26)29-21(24)4/h9-11,16,19H,12-15,17H2,1-8H3/t19-/m0/s1. The molecular formula is C28H39N5O. The summed E-state index contributed by atoms with van der Waals surface area (Å²) in [6.45, 7) is 19.5. The average molecular weight is 462 g/mol. The molecule has 3 aromatic rings. The lowest BCUT2D eigenvalue weighted by atomic mass is 9.98. The molecule has 6 heteroatoms. The van der Waals surface area contributed by atoms with Crippen molar-refractivity contribution in [2.75, 3.05) is 24.5 Å². The van der Waals surface area contributed by atoms with Crippen molar-refractivity contribution in [3.05, 3.63) is 52.3 Å². The van der Waals surface area contributed by atoms with Crippen LogP contribution in [-0.2, 0) is 16.8 Å². The molecule has 0 unspecified atom stereocenters. The van der Waals surface area contributed by atoms with Crippen LogP contribution in [0.3, 0.4) is 0 Å². The van der Waals surface area contributed by atoms with Gasteiger partial charge in [-0.15, -0.1) is 0 Å². The number of carbonyl (C=O) groups excluding carboxylic acids is 1. The molecule has 1 saturated heterocycles. The lowest BCUT2D eigenvalue weighted by Crippen LogP contribution is -2.53. The van der Waals surface area contributed by atoms with Crippen molar-refractivity contribution in [1.29, 1.82) is 0 Å². The molecule has 6 nitrogen and oxygen atoms in total. The number of aryl methyl sites for hydroxylation is 4. The Morgan fingerprint density at radius 1 is 1.09 bits per heavy atom. The molecule has 0 bridgehead atoms. The number of fused-ring (bicyclic) bond motifs is 1. The highest BCUT2D eigenvalue weighted by atomic mass is 16.2. The number of pyridine rings is 1. The fraction of sp³-hybridized carbons (Fsp3) is 0.536. The zero-order valence-electron chi connectivity index (χ0n) is 22.1. The van der Waals surface area contributed by atoms with Gasteiger partial charge in [-0.3, -0.25) is 4.79 Å². The summed E-state index contributed by atoms with van der Waals surface area (Å²) < 4.78 is 2.03. The number of hydrogen-bond acceptors (Lipinski definition) is 4. The third kappa shape index (κ3) is 4.55. The maximum absolute atomic E-state index is 13.2. The number of piperazine rings is 1. The Hall–Kier alpha value is -2.89. The van der Waals surface area contributed by atoms with E-state index in [0.29, 0.717) is 18.9 Å². The summed E-state index contributed by atoms with van der Waals surface area (Å²) in [5.41, 5.74) is 7.72. The van der Waals surface area contributed by atoms with E-state index in [4.69, 9.17) is 10.1 Å². The first-order chi connectivity index (χ1) is 16.0. The highest BCUT2D eigenvalue weighted by Gasteiger charge is 2.28. The normalized spacial score (nSPS) is 17.0. The fourth-order valence-electron chi connectivity index (χ4n) is 5.31. The van der Waals surface area contributed by atoms with Gasteiger partial charge < -0.3 is 9.80 Å². The third-order valence-electron chi connectivity index (χ3n) is 7.11. The zero-order chi connectivity index (χ0) is 24.8. The summed E-state index contributed by atoms with van der Waals surface area (Å²) in [6, 6.07) is 8.93. The second kappa shape index (κ2) is 9.05. The monoisotopic (exact) mass is 461 g/mol. The van der Waals surface area contributed by atoms with Gasteiger partial charge in [-0.25, -0.2) is 9.67 Å². The molecule has 1 amide bonds. The minimum Gasteiger partial charge on any atom is -0.365 e. The lowest BCUT2D eigenvalue weighted by Gasteiger charge is -2.41. The summed E-state index contributed by atoms with van der Waals surface area (Å²) in [5, 5.41) is 5.92. The van der Waals surface area contributed by atoms with Gasteiger partial charge in [0.2, 0.25) is 5.91 Å². The average Bonchev–Trinajstić information content (AvgIpc) is 3.10. The van der Waals surface area contributed by atoms with Crippen LogP contribution in [0.1, 0.15) is 62.2 Å². The van der Waals surface area contributed by atoms with Gasteiger partial charge >= 0.3 is 0 Å². The SMILES string of the molecule is Cc1cccc(N2CCN(C(=O)CCc3c(C)nc4c(c(C)nn4C(C)(C)C)c3C)C[C@@H]2C)c1. The second-order valence-corrected chi connectivity index (χ2v) is 10.9. The molecule has 0 radical (unpaired) electrons. The van der Waals surface area contributed by atoms with Crippen molar-refractivity contribution in [1.82, 2.24) is 19.7 Å². The van der Waals surface area contributed by atoms with Crippen LogP contribution in [0.2, 0.25) is 0 Å². The molecule has 1 aliphatic heterocycles. The first-order valence-electron chi connectivity index (χ1n) is 12.4. The van der Waals surface area contributed by atoms with Crippen LogP contribution in [0, 0.1) is 27.7 Å². The van der Waals surface area contributed by atoms with Crippen LogP contribution in [0.5, 0.6) is 0 Å². The van der Waals surface area contributed by atoms with Crippen LogP contribution >= 0.6 is 0 Å². The quantitative estimate of drug-likeness (QED) is 0.543. The highest BCUT2D eigenvalue weighted by molar-refractivity contribution is 5.84. The Labute approximate surface area is 204 Å². The van der Waals surface area contributed by atoms with Crippen LogP contribution < -0.4 is 4.90 Å². The molecule has 1 fully saturated rings. The number of aromatic nitrogens is 3. The van der Waals surface area contributed by atoms with Crippen molar-refractivity contribution in [2.24, 2.45) is 0 Å². The molecule has 0 saturated carbocycles. The predicted octanol–water partition coefficient (Wildman–Crippen LogP) is 5.09. The Morgan fingerprint density at radius 3 is 2.47 bits per heavy atom. The van der Waals surface area contributed by atoms with E-state index in [0.717, 1.165) is 42.1 Å². The van der Waals surface area contributed by atoms with Gasteiger partial charge in [0, 0.05) is 48.9 Å². The van der Waals surface area contributed by atoms with Crippen LogP contribution in [-0.4, -0.2) is 51.2 Å². The first-order valence-corrected chi connectivity index (χ1v) is 12.4. The maximum Gasteiger partial charge on any atom is 0.223 e. The number of hydrogen-bond donors (Lipinski definition) is 0. The predicted molar refractivity (Wildman–Crippen MR) is 140 cm³/mol. The van der Waals surface area contributed by atoms with E-state index in [2.05, 4.69) is 84.6 Å². The second-order valence-electron chi connectivity index (χ2n) is 10.9. The van der Waals surface area contributed by atoms with Gasteiger partial charge in [0.15, 0.2) is 5.65 Å². The van der Waals surface area contributed by atoms with Crippen molar-refractivity contribution in [2.45, 2.75) is 79.8 Å². The van der Waals surface area contributed by atoms with E-state index in [9.17, 15) is 4.79 Å². The van der Waals surface area contributed by atoms with Crippen LogP contribution in [0.15, 0.2) is 24.3 Å². The van der Waals surface area contributed by atoms with Gasteiger partial charge in [0.05, 0.1) is 11.2 Å². The summed E-state index contributed by atoms with van der Waals surface area (Å²) in [5.74, 6) is 0.233. The number of nitrogens with zero attached hydrogens (tertiary/aromatic N) is 5. The number of benzene rings is 1. The van der Waals surface area contributed by atoms with Gasteiger partial charge in [0.1, 0.15) is 0 Å². The van der Waals surface area contributed by atoms with E-state index in [-0.39, 0.29) is 11.4 Å². The Morgan fingerprint density at radius 2 is 1.82 bits per heavy atom. The minimum absolute atomic E-state index is 0.132. The number of rotatable bonds is 4. The molecule has 0 aliphatic carbocycles. The number of amides is 1. The topological polar surface area (TPSA) is 54.3 Å². The Kier molecular flexibility index (Phi) is 6.45. The van der Waals surface area contributed by atoms with E-state index in [1.807, 2.05) is 9.58 Å². The molecule has 4 rings (SSSR count). The van der Waals surface area contributed by atoms with E-state index >= 15 is 0 Å². The molecule has 34 heavy (non-hydrogen) atoms. The molecule has 1 atom stereocenters. The minimum atomic E-state index is -0.132. The molecule has 182 valence electrons. The lowest BCUT2D eigenvalue weighted by molar-refractivity contribution is -0.131. The first kappa shape index (κ1) is 24.2. The van der Waals surface area contributed by atoms with Crippen molar-refractivity contribution >= 4 is 22.6 Å². The summed E-state index contributed by atoms with van der Waals surface area (Å²) in [6.07, 6.45) is 1.23. The Bertz CT molecular complexity index is 1220. The zero-order valence-corrected chi connectivity index (χ0v) is 22.1. The van der Waals surface area contributed by atoms with Gasteiger partial charge in [-0.05, 0) is 90.6 Å². The molecule has 0 spiro atoms. The van der Waals surface area contributed by atoms with Gasteiger partial charge in [0.25, 0.3) is 0 Å². The molecular weight excluding hydrogens is 422 g/mol. The molecule has 2 aromatic heterocycles. The molecule has 3 heterocycles. The maximum atomic E-state index is 13.2. The van der Waals surface area contributed by atoms with Crippen molar-refractivity contribution < 1.29 is 4.79 Å². The summed E-state index contributed by atoms with van der Waals surface area (Å²) in [7, 11) is 0. The molecule has 0 N–H and O–H groups in total. The van der Waals surface area contributed by atoms with E-state index in [1.165, 1.54) is 22.4 Å². The molecule has 1 aromatic carbocycles. The van der Waals surface area contributed by atoms with Crippen LogP contribution in [0.25, 0.3) is 11.0 Å². The summed E-state index contributed by atoms with van der Waals surface area (Å²) in [4.78, 5) is 22.6. The summed E-state index contributed by atoms with van der Waals surface area (Å²) >= 11 is 0. The van der Waals surface area contributed by atoms with E-state index < -0.39 is 0 Å². The van der Waals surface area contributed by atoms with Crippen molar-refractivity contribution in [3.63, 3.8) is 0 Å². The Balaban J connectivity index is 1.47.